The SMILES string of the molecule is CCOC(=O)C(CCCCO)C(=O)OCC. The molecule has 1 N–H and O–H groups in total. The lowest BCUT2D eigenvalue weighted by molar-refractivity contribution is -0.162. The lowest BCUT2D eigenvalue weighted by atomic mass is 10.0. The van der Waals surface area contributed by atoms with Crippen molar-refractivity contribution < 1.29 is 24.2 Å². The lowest BCUT2D eigenvalue weighted by Gasteiger charge is -2.13. The zero-order valence-electron chi connectivity index (χ0n) is 9.90. The molecular formula is C11H20O5. The zero-order chi connectivity index (χ0) is 12.4. The Balaban J connectivity index is 4.25. The fraction of sp³-hybridized carbons (Fsp3) is 0.818. The predicted octanol–water partition coefficient (Wildman–Crippen LogP) is 0.891. The van der Waals surface area contributed by atoms with E-state index in [0.29, 0.717) is 19.3 Å². The molecule has 0 aliphatic rings. The van der Waals surface area contributed by atoms with Gasteiger partial charge in [-0.15, -0.1) is 0 Å². The summed E-state index contributed by atoms with van der Waals surface area (Å²) in [7, 11) is 0. The van der Waals surface area contributed by atoms with Crippen LogP contribution in [0.3, 0.4) is 0 Å². The number of unbranched alkanes of at least 4 members (excludes halogenated alkanes) is 1. The Morgan fingerprint density at radius 2 is 1.56 bits per heavy atom. The lowest BCUT2D eigenvalue weighted by Crippen LogP contribution is -2.28. The number of ether oxygens (including phenoxy) is 2. The highest BCUT2D eigenvalue weighted by Crippen LogP contribution is 2.13. The van der Waals surface area contributed by atoms with Crippen molar-refractivity contribution in [3.8, 4) is 0 Å². The fourth-order valence-electron chi connectivity index (χ4n) is 1.28. The maximum absolute atomic E-state index is 11.5. The average Bonchev–Trinajstić information content (AvgIpc) is 2.25. The second-order valence-electron chi connectivity index (χ2n) is 3.28. The topological polar surface area (TPSA) is 72.8 Å². The molecule has 16 heavy (non-hydrogen) atoms. The van der Waals surface area contributed by atoms with Gasteiger partial charge in [0.1, 0.15) is 0 Å². The first-order chi connectivity index (χ1) is 7.67. The van der Waals surface area contributed by atoms with Crippen molar-refractivity contribution in [3.05, 3.63) is 0 Å². The van der Waals surface area contributed by atoms with Crippen molar-refractivity contribution in [1.82, 2.24) is 0 Å². The molecule has 0 spiro atoms. The van der Waals surface area contributed by atoms with Gasteiger partial charge in [-0.2, -0.15) is 0 Å². The molecule has 0 aromatic rings. The second kappa shape index (κ2) is 9.15. The summed E-state index contributed by atoms with van der Waals surface area (Å²) in [5, 5.41) is 8.63. The van der Waals surface area contributed by atoms with Crippen LogP contribution in [0.5, 0.6) is 0 Å². The van der Waals surface area contributed by atoms with E-state index in [4.69, 9.17) is 14.6 Å². The number of carbonyl (C=O) groups is 2. The molecular weight excluding hydrogens is 212 g/mol. The number of aliphatic hydroxyl groups is 1. The van der Waals surface area contributed by atoms with Crippen LogP contribution in [0.4, 0.5) is 0 Å². The van der Waals surface area contributed by atoms with Crippen molar-refractivity contribution in [2.45, 2.75) is 33.1 Å². The van der Waals surface area contributed by atoms with E-state index in [1.807, 2.05) is 0 Å². The molecule has 5 heteroatoms. The minimum absolute atomic E-state index is 0.0539. The molecule has 0 aliphatic carbocycles. The summed E-state index contributed by atoms with van der Waals surface area (Å²) in [6.45, 7) is 3.92. The molecule has 0 aromatic carbocycles. The minimum atomic E-state index is -0.855. The molecule has 0 unspecified atom stereocenters. The minimum Gasteiger partial charge on any atom is -0.465 e. The number of carbonyl (C=O) groups excluding carboxylic acids is 2. The smallest absolute Gasteiger partial charge is 0.320 e. The van der Waals surface area contributed by atoms with Crippen molar-refractivity contribution in [2.75, 3.05) is 19.8 Å². The Morgan fingerprint density at radius 3 is 1.94 bits per heavy atom. The van der Waals surface area contributed by atoms with E-state index in [-0.39, 0.29) is 19.8 Å². The van der Waals surface area contributed by atoms with Gasteiger partial charge in [-0.05, 0) is 33.1 Å². The first kappa shape index (κ1) is 14.9. The molecule has 0 amide bonds. The summed E-state index contributed by atoms with van der Waals surface area (Å²) < 4.78 is 9.60. The molecule has 0 saturated carbocycles. The van der Waals surface area contributed by atoms with Crippen molar-refractivity contribution >= 4 is 11.9 Å². The highest BCUT2D eigenvalue weighted by atomic mass is 16.6. The van der Waals surface area contributed by atoms with Gasteiger partial charge in [0.05, 0.1) is 13.2 Å². The summed E-state index contributed by atoms with van der Waals surface area (Å²) in [5.74, 6) is -1.94. The Kier molecular flexibility index (Phi) is 8.52. The van der Waals surface area contributed by atoms with Gasteiger partial charge in [0.2, 0.25) is 0 Å². The van der Waals surface area contributed by atoms with E-state index in [2.05, 4.69) is 0 Å². The molecule has 0 atom stereocenters. The third-order valence-corrected chi connectivity index (χ3v) is 2.04. The zero-order valence-corrected chi connectivity index (χ0v) is 9.90. The molecule has 94 valence electrons. The Morgan fingerprint density at radius 1 is 1.06 bits per heavy atom. The fourth-order valence-corrected chi connectivity index (χ4v) is 1.28. The molecule has 0 aliphatic heterocycles. The van der Waals surface area contributed by atoms with Gasteiger partial charge in [0.15, 0.2) is 5.92 Å². The van der Waals surface area contributed by atoms with Crippen LogP contribution in [-0.2, 0) is 19.1 Å². The van der Waals surface area contributed by atoms with Crippen LogP contribution in [0.2, 0.25) is 0 Å². The largest absolute Gasteiger partial charge is 0.465 e. The van der Waals surface area contributed by atoms with Crippen LogP contribution in [-0.4, -0.2) is 36.9 Å². The van der Waals surface area contributed by atoms with E-state index >= 15 is 0 Å². The van der Waals surface area contributed by atoms with Crippen LogP contribution in [0.15, 0.2) is 0 Å². The normalized spacial score (nSPS) is 10.2. The molecule has 0 heterocycles. The summed E-state index contributed by atoms with van der Waals surface area (Å²) in [4.78, 5) is 22.9. The molecule has 0 bridgehead atoms. The Labute approximate surface area is 95.7 Å². The number of aliphatic hydroxyl groups excluding tert-OH is 1. The first-order valence-corrected chi connectivity index (χ1v) is 5.61. The van der Waals surface area contributed by atoms with E-state index in [1.165, 1.54) is 0 Å². The number of hydrogen-bond acceptors (Lipinski definition) is 5. The quantitative estimate of drug-likeness (QED) is 0.382. The van der Waals surface area contributed by atoms with Gasteiger partial charge in [0, 0.05) is 6.61 Å². The van der Waals surface area contributed by atoms with Crippen LogP contribution in [0, 0.1) is 5.92 Å². The Hall–Kier alpha value is -1.10. The van der Waals surface area contributed by atoms with Crippen LogP contribution >= 0.6 is 0 Å². The van der Waals surface area contributed by atoms with Crippen molar-refractivity contribution in [2.24, 2.45) is 5.92 Å². The van der Waals surface area contributed by atoms with Gasteiger partial charge >= 0.3 is 11.9 Å². The molecule has 5 nitrogen and oxygen atoms in total. The molecule has 0 fully saturated rings. The van der Waals surface area contributed by atoms with Crippen LogP contribution in [0.1, 0.15) is 33.1 Å². The van der Waals surface area contributed by atoms with E-state index in [1.54, 1.807) is 13.8 Å². The maximum Gasteiger partial charge on any atom is 0.320 e. The highest BCUT2D eigenvalue weighted by Gasteiger charge is 2.28. The average molecular weight is 232 g/mol. The monoisotopic (exact) mass is 232 g/mol. The van der Waals surface area contributed by atoms with Gasteiger partial charge in [-0.3, -0.25) is 9.59 Å². The number of hydrogen-bond donors (Lipinski definition) is 1. The van der Waals surface area contributed by atoms with Gasteiger partial charge in [-0.1, -0.05) is 0 Å². The number of esters is 2. The third-order valence-electron chi connectivity index (χ3n) is 2.04. The van der Waals surface area contributed by atoms with E-state index in [0.717, 1.165) is 0 Å². The standard InChI is InChI=1S/C11H20O5/c1-3-15-10(13)9(7-5-6-8-12)11(14)16-4-2/h9,12H,3-8H2,1-2H3. The summed E-state index contributed by atoms with van der Waals surface area (Å²) in [6, 6.07) is 0. The second-order valence-corrected chi connectivity index (χ2v) is 3.28. The van der Waals surface area contributed by atoms with Gasteiger partial charge < -0.3 is 14.6 Å². The van der Waals surface area contributed by atoms with Crippen molar-refractivity contribution in [3.63, 3.8) is 0 Å². The third kappa shape index (κ3) is 5.70. The predicted molar refractivity (Wildman–Crippen MR) is 57.7 cm³/mol. The first-order valence-electron chi connectivity index (χ1n) is 5.61. The van der Waals surface area contributed by atoms with Crippen LogP contribution in [0.25, 0.3) is 0 Å². The molecule has 0 radical (unpaired) electrons. The molecule has 0 rings (SSSR count). The summed E-state index contributed by atoms with van der Waals surface area (Å²) in [6.07, 6.45) is 1.52. The van der Waals surface area contributed by atoms with Crippen LogP contribution < -0.4 is 0 Å². The van der Waals surface area contributed by atoms with Crippen molar-refractivity contribution in [1.29, 1.82) is 0 Å². The highest BCUT2D eigenvalue weighted by molar-refractivity contribution is 5.94. The van der Waals surface area contributed by atoms with Gasteiger partial charge in [-0.25, -0.2) is 0 Å². The van der Waals surface area contributed by atoms with E-state index in [9.17, 15) is 9.59 Å². The Bertz CT molecular complexity index is 196. The molecule has 0 aromatic heterocycles. The summed E-state index contributed by atoms with van der Waals surface area (Å²) >= 11 is 0. The molecule has 0 saturated heterocycles. The van der Waals surface area contributed by atoms with Gasteiger partial charge in [0.25, 0.3) is 0 Å². The maximum atomic E-state index is 11.5. The number of rotatable bonds is 8. The van der Waals surface area contributed by atoms with E-state index < -0.39 is 17.9 Å². The summed E-state index contributed by atoms with van der Waals surface area (Å²) in [5.41, 5.74) is 0.